The number of hydrogen-bond acceptors (Lipinski definition) is 6. The van der Waals surface area contributed by atoms with Gasteiger partial charge in [-0.05, 0) is 18.5 Å². The van der Waals surface area contributed by atoms with Gasteiger partial charge in [0.15, 0.2) is 5.03 Å². The molecule has 0 bridgehead atoms. The van der Waals surface area contributed by atoms with Crippen LogP contribution in [0, 0.1) is 17.0 Å². The van der Waals surface area contributed by atoms with Crippen molar-refractivity contribution in [1.29, 1.82) is 0 Å². The number of carbonyl (C=O) groups is 1. The molecule has 1 rings (SSSR count). The fourth-order valence-corrected chi connectivity index (χ4v) is 2.37. The minimum absolute atomic E-state index is 0.0562. The third-order valence-corrected chi connectivity index (χ3v) is 3.13. The van der Waals surface area contributed by atoms with Gasteiger partial charge in [-0.15, -0.1) is 0 Å². The second-order valence-corrected chi connectivity index (χ2v) is 4.87. The summed E-state index contributed by atoms with van der Waals surface area (Å²) in [7, 11) is 3.21. The number of aromatic nitrogens is 2. The number of halogens is 1. The van der Waals surface area contributed by atoms with Crippen molar-refractivity contribution in [1.82, 2.24) is 14.9 Å². The average Bonchev–Trinajstić information content (AvgIpc) is 2.23. The molecular weight excluding hydrogens is 280 g/mol. The van der Waals surface area contributed by atoms with E-state index in [0.717, 1.165) is 11.8 Å². The maximum absolute atomic E-state index is 11.4. The molecule has 1 amide bonds. The minimum atomic E-state index is -0.575. The Labute approximate surface area is 113 Å². The first-order valence-electron chi connectivity index (χ1n) is 4.84. The van der Waals surface area contributed by atoms with Gasteiger partial charge >= 0.3 is 5.69 Å². The third kappa shape index (κ3) is 3.54. The number of amides is 1. The summed E-state index contributed by atoms with van der Waals surface area (Å²) < 4.78 is 0. The van der Waals surface area contributed by atoms with E-state index in [1.807, 2.05) is 0 Å². The number of nitro groups is 1. The van der Waals surface area contributed by atoms with Crippen molar-refractivity contribution in [3.8, 4) is 0 Å². The summed E-state index contributed by atoms with van der Waals surface area (Å²) in [6.45, 7) is 1.48. The quantitative estimate of drug-likeness (QED) is 0.275. The van der Waals surface area contributed by atoms with Crippen LogP contribution < -0.4 is 0 Å². The summed E-state index contributed by atoms with van der Waals surface area (Å²) >= 11 is 6.62. The smallest absolute Gasteiger partial charge is 0.322 e. The van der Waals surface area contributed by atoms with Gasteiger partial charge in [0.2, 0.25) is 11.2 Å². The van der Waals surface area contributed by atoms with E-state index in [2.05, 4.69) is 9.97 Å². The Kier molecular flexibility index (Phi) is 4.85. The predicted octanol–water partition coefficient (Wildman–Crippen LogP) is 1.53. The van der Waals surface area contributed by atoms with Crippen LogP contribution in [0.3, 0.4) is 0 Å². The fourth-order valence-electron chi connectivity index (χ4n) is 1.08. The Morgan fingerprint density at radius 3 is 2.61 bits per heavy atom. The zero-order valence-electron chi connectivity index (χ0n) is 10.0. The van der Waals surface area contributed by atoms with E-state index >= 15 is 0 Å². The van der Waals surface area contributed by atoms with Gasteiger partial charge in [-0.25, -0.2) is 9.97 Å². The van der Waals surface area contributed by atoms with Crippen molar-refractivity contribution in [3.63, 3.8) is 0 Å². The molecule has 0 atom stereocenters. The minimum Gasteiger partial charge on any atom is -0.348 e. The van der Waals surface area contributed by atoms with Crippen LogP contribution in [0.4, 0.5) is 5.69 Å². The fraction of sp³-hybridized carbons (Fsp3) is 0.444. The lowest BCUT2D eigenvalue weighted by Gasteiger charge is -2.09. The zero-order chi connectivity index (χ0) is 13.9. The second-order valence-electron chi connectivity index (χ2n) is 3.57. The van der Waals surface area contributed by atoms with Gasteiger partial charge in [-0.1, -0.05) is 11.8 Å². The van der Waals surface area contributed by atoms with Crippen molar-refractivity contribution in [3.05, 3.63) is 21.1 Å². The topological polar surface area (TPSA) is 89.2 Å². The van der Waals surface area contributed by atoms with Crippen LogP contribution in [0.1, 0.15) is 5.69 Å². The molecule has 0 spiro atoms. The summed E-state index contributed by atoms with van der Waals surface area (Å²) in [6.07, 6.45) is 0. The highest BCUT2D eigenvalue weighted by molar-refractivity contribution is 8.00. The van der Waals surface area contributed by atoms with E-state index < -0.39 is 4.92 Å². The largest absolute Gasteiger partial charge is 0.348 e. The van der Waals surface area contributed by atoms with Crippen molar-refractivity contribution in [2.75, 3.05) is 19.8 Å². The van der Waals surface area contributed by atoms with Gasteiger partial charge in [-0.3, -0.25) is 14.9 Å². The molecule has 0 unspecified atom stereocenters. The van der Waals surface area contributed by atoms with E-state index in [4.69, 9.17) is 11.6 Å². The van der Waals surface area contributed by atoms with Gasteiger partial charge in [0, 0.05) is 14.1 Å². The Morgan fingerprint density at radius 2 is 2.11 bits per heavy atom. The highest BCUT2D eigenvalue weighted by Crippen LogP contribution is 2.30. The Bertz CT molecular complexity index is 495. The molecule has 0 N–H and O–H groups in total. The van der Waals surface area contributed by atoms with E-state index in [1.165, 1.54) is 11.8 Å². The molecule has 0 aliphatic rings. The first-order chi connectivity index (χ1) is 8.32. The van der Waals surface area contributed by atoms with Crippen molar-refractivity contribution in [2.24, 2.45) is 0 Å². The van der Waals surface area contributed by atoms with Crippen LogP contribution in [-0.4, -0.2) is 45.5 Å². The van der Waals surface area contributed by atoms with Crippen molar-refractivity contribution in [2.45, 2.75) is 11.9 Å². The Balaban J connectivity index is 3.00. The molecular formula is C9H11ClN4O3S. The lowest BCUT2D eigenvalue weighted by Crippen LogP contribution is -2.23. The molecule has 7 nitrogen and oxygen atoms in total. The molecule has 0 aromatic carbocycles. The Hall–Kier alpha value is -1.41. The van der Waals surface area contributed by atoms with E-state index in [1.54, 1.807) is 14.1 Å². The molecule has 1 heterocycles. The van der Waals surface area contributed by atoms with Gasteiger partial charge < -0.3 is 4.90 Å². The highest BCUT2D eigenvalue weighted by atomic mass is 35.5. The van der Waals surface area contributed by atoms with Crippen LogP contribution in [0.2, 0.25) is 5.28 Å². The molecule has 0 fully saturated rings. The molecule has 1 aromatic heterocycles. The monoisotopic (exact) mass is 290 g/mol. The standard InChI is InChI=1S/C9H11ClN4O3S/c1-5-7(14(16)17)8(12-9(10)11-5)18-4-6(15)13(2)3/h4H2,1-3H3. The number of aryl methyl sites for hydroxylation is 1. The molecule has 1 aromatic rings. The van der Waals surface area contributed by atoms with Crippen molar-refractivity contribution >= 4 is 35.0 Å². The van der Waals surface area contributed by atoms with Crippen LogP contribution in [0.15, 0.2) is 5.03 Å². The predicted molar refractivity (Wildman–Crippen MR) is 67.9 cm³/mol. The Morgan fingerprint density at radius 1 is 1.50 bits per heavy atom. The summed E-state index contributed by atoms with van der Waals surface area (Å²) in [5, 5.41) is 10.9. The number of rotatable bonds is 4. The summed E-state index contributed by atoms with van der Waals surface area (Å²) in [6, 6.07) is 0. The molecule has 0 aliphatic heterocycles. The molecule has 0 aliphatic carbocycles. The molecule has 9 heteroatoms. The molecule has 18 heavy (non-hydrogen) atoms. The molecule has 0 saturated carbocycles. The van der Waals surface area contributed by atoms with E-state index in [0.29, 0.717) is 0 Å². The van der Waals surface area contributed by atoms with Gasteiger partial charge in [-0.2, -0.15) is 0 Å². The third-order valence-electron chi connectivity index (χ3n) is 2.01. The number of hydrogen-bond donors (Lipinski definition) is 0. The van der Waals surface area contributed by atoms with Crippen LogP contribution in [0.25, 0.3) is 0 Å². The summed E-state index contributed by atoms with van der Waals surface area (Å²) in [5.41, 5.74) is -0.0317. The van der Waals surface area contributed by atoms with E-state index in [-0.39, 0.29) is 33.4 Å². The SMILES string of the molecule is Cc1nc(Cl)nc(SCC(=O)N(C)C)c1[N+](=O)[O-]. The first kappa shape index (κ1) is 14.7. The maximum Gasteiger partial charge on any atom is 0.322 e. The number of carbonyl (C=O) groups excluding carboxylic acids is 1. The molecule has 98 valence electrons. The van der Waals surface area contributed by atoms with Crippen LogP contribution in [-0.2, 0) is 4.79 Å². The second kappa shape index (κ2) is 5.96. The lowest BCUT2D eigenvalue weighted by molar-refractivity contribution is -0.389. The van der Waals surface area contributed by atoms with Crippen LogP contribution in [0.5, 0.6) is 0 Å². The van der Waals surface area contributed by atoms with Crippen LogP contribution >= 0.6 is 23.4 Å². The van der Waals surface area contributed by atoms with Gasteiger partial charge in [0.25, 0.3) is 0 Å². The van der Waals surface area contributed by atoms with Gasteiger partial charge in [0.1, 0.15) is 5.69 Å². The summed E-state index contributed by atoms with van der Waals surface area (Å²) in [5.74, 6) is -0.109. The normalized spacial score (nSPS) is 10.2. The van der Waals surface area contributed by atoms with Crippen molar-refractivity contribution < 1.29 is 9.72 Å². The average molecular weight is 291 g/mol. The number of thioether (sulfide) groups is 1. The molecule has 0 radical (unpaired) electrons. The highest BCUT2D eigenvalue weighted by Gasteiger charge is 2.22. The summed E-state index contributed by atoms with van der Waals surface area (Å²) in [4.78, 5) is 30.7. The first-order valence-corrected chi connectivity index (χ1v) is 6.20. The lowest BCUT2D eigenvalue weighted by atomic mass is 10.4. The molecule has 0 saturated heterocycles. The van der Waals surface area contributed by atoms with Gasteiger partial charge in [0.05, 0.1) is 10.7 Å². The zero-order valence-corrected chi connectivity index (χ0v) is 11.6. The maximum atomic E-state index is 11.4. The van der Waals surface area contributed by atoms with E-state index in [9.17, 15) is 14.9 Å². The number of nitrogens with zero attached hydrogens (tertiary/aromatic N) is 4.